The summed E-state index contributed by atoms with van der Waals surface area (Å²) >= 11 is 6.14. The second-order valence-electron chi connectivity index (χ2n) is 5.84. The van der Waals surface area contributed by atoms with E-state index in [0.717, 1.165) is 28.0 Å². The third-order valence-corrected chi connectivity index (χ3v) is 3.92. The van der Waals surface area contributed by atoms with Gasteiger partial charge in [0.25, 0.3) is 0 Å². The molecule has 3 rings (SSSR count). The van der Waals surface area contributed by atoms with Crippen LogP contribution in [0, 0.1) is 0 Å². The topological polar surface area (TPSA) is 32.3 Å². The van der Waals surface area contributed by atoms with Gasteiger partial charge in [0.05, 0.1) is 5.52 Å². The standard InChI is InChI=1S/C18H19ClN4/c1-22(2)16-8-6-5-7-13(16)17-20-15-10-9-12(19)11-14(15)18(21-17)23(3)4/h5-11H,1-4H3. The van der Waals surface area contributed by atoms with Crippen molar-refractivity contribution in [2.24, 2.45) is 0 Å². The first-order valence-corrected chi connectivity index (χ1v) is 7.76. The van der Waals surface area contributed by atoms with Gasteiger partial charge >= 0.3 is 0 Å². The highest BCUT2D eigenvalue weighted by atomic mass is 35.5. The average Bonchev–Trinajstić information content (AvgIpc) is 2.53. The van der Waals surface area contributed by atoms with Crippen molar-refractivity contribution in [3.05, 3.63) is 47.5 Å². The smallest absolute Gasteiger partial charge is 0.164 e. The monoisotopic (exact) mass is 326 g/mol. The molecule has 118 valence electrons. The molecule has 1 heterocycles. The maximum atomic E-state index is 6.14. The fourth-order valence-corrected chi connectivity index (χ4v) is 2.77. The predicted octanol–water partition coefficient (Wildman–Crippen LogP) is 4.08. The molecule has 1 aromatic heterocycles. The van der Waals surface area contributed by atoms with Crippen molar-refractivity contribution in [3.8, 4) is 11.4 Å². The van der Waals surface area contributed by atoms with Gasteiger partial charge in [0.2, 0.25) is 0 Å². The van der Waals surface area contributed by atoms with Gasteiger partial charge in [-0.25, -0.2) is 9.97 Å². The predicted molar refractivity (Wildman–Crippen MR) is 98.6 cm³/mol. The zero-order chi connectivity index (χ0) is 16.6. The van der Waals surface area contributed by atoms with Crippen molar-refractivity contribution in [2.75, 3.05) is 38.0 Å². The van der Waals surface area contributed by atoms with E-state index in [-0.39, 0.29) is 0 Å². The van der Waals surface area contributed by atoms with E-state index in [1.54, 1.807) is 0 Å². The molecule has 3 aromatic rings. The van der Waals surface area contributed by atoms with Gasteiger partial charge in [-0.2, -0.15) is 0 Å². The number of nitrogens with zero attached hydrogens (tertiary/aromatic N) is 4. The molecule has 0 aliphatic carbocycles. The van der Waals surface area contributed by atoms with Crippen LogP contribution in [0.2, 0.25) is 5.02 Å². The highest BCUT2D eigenvalue weighted by Gasteiger charge is 2.14. The van der Waals surface area contributed by atoms with E-state index in [1.807, 2.05) is 69.5 Å². The van der Waals surface area contributed by atoms with Gasteiger partial charge in [0, 0.05) is 49.9 Å². The molecule has 0 N–H and O–H groups in total. The molecule has 0 bridgehead atoms. The number of halogens is 1. The zero-order valence-corrected chi connectivity index (χ0v) is 14.5. The first kappa shape index (κ1) is 15.6. The second kappa shape index (κ2) is 6.05. The van der Waals surface area contributed by atoms with Gasteiger partial charge in [-0.3, -0.25) is 0 Å². The molecular weight excluding hydrogens is 308 g/mol. The number of benzene rings is 2. The summed E-state index contributed by atoms with van der Waals surface area (Å²) in [5.74, 6) is 1.58. The van der Waals surface area contributed by atoms with Crippen LogP contribution in [-0.4, -0.2) is 38.2 Å². The number of anilines is 2. The Morgan fingerprint density at radius 3 is 2.30 bits per heavy atom. The van der Waals surface area contributed by atoms with Crippen LogP contribution in [-0.2, 0) is 0 Å². The lowest BCUT2D eigenvalue weighted by atomic mass is 10.1. The Morgan fingerprint density at radius 2 is 1.61 bits per heavy atom. The van der Waals surface area contributed by atoms with E-state index < -0.39 is 0 Å². The van der Waals surface area contributed by atoms with Gasteiger partial charge in [-0.05, 0) is 30.3 Å². The van der Waals surface area contributed by atoms with Crippen LogP contribution >= 0.6 is 11.6 Å². The SMILES string of the molecule is CN(C)c1ccccc1-c1nc(N(C)C)c2cc(Cl)ccc2n1. The number of para-hydroxylation sites is 1. The Balaban J connectivity index is 2.30. The molecule has 0 unspecified atom stereocenters. The molecule has 0 saturated carbocycles. The highest BCUT2D eigenvalue weighted by Crippen LogP contribution is 2.32. The Labute approximate surface area is 141 Å². The van der Waals surface area contributed by atoms with Crippen molar-refractivity contribution in [3.63, 3.8) is 0 Å². The van der Waals surface area contributed by atoms with Crippen molar-refractivity contribution in [1.82, 2.24) is 9.97 Å². The van der Waals surface area contributed by atoms with E-state index in [9.17, 15) is 0 Å². The number of hydrogen-bond donors (Lipinski definition) is 0. The molecule has 0 fully saturated rings. The Hall–Kier alpha value is -2.33. The molecule has 5 heteroatoms. The minimum atomic E-state index is 0.686. The summed E-state index contributed by atoms with van der Waals surface area (Å²) in [6, 6.07) is 13.9. The van der Waals surface area contributed by atoms with Crippen LogP contribution in [0.5, 0.6) is 0 Å². The summed E-state index contributed by atoms with van der Waals surface area (Å²) in [5, 5.41) is 1.64. The Kier molecular flexibility index (Phi) is 4.09. The van der Waals surface area contributed by atoms with Crippen LogP contribution in [0.4, 0.5) is 11.5 Å². The lowest BCUT2D eigenvalue weighted by Gasteiger charge is -2.19. The minimum Gasteiger partial charge on any atom is -0.377 e. The summed E-state index contributed by atoms with van der Waals surface area (Å²) in [7, 11) is 7.99. The molecule has 0 spiro atoms. The summed E-state index contributed by atoms with van der Waals surface area (Å²) < 4.78 is 0. The summed E-state index contributed by atoms with van der Waals surface area (Å²) in [6.45, 7) is 0. The van der Waals surface area contributed by atoms with Crippen LogP contribution in [0.25, 0.3) is 22.3 Å². The molecule has 0 aliphatic heterocycles. The van der Waals surface area contributed by atoms with E-state index in [2.05, 4.69) is 11.0 Å². The second-order valence-corrected chi connectivity index (χ2v) is 6.27. The summed E-state index contributed by atoms with van der Waals surface area (Å²) in [4.78, 5) is 13.6. The molecular formula is C18H19ClN4. The Morgan fingerprint density at radius 1 is 0.870 bits per heavy atom. The molecule has 0 aliphatic rings. The summed E-state index contributed by atoms with van der Waals surface area (Å²) in [5.41, 5.74) is 2.99. The quantitative estimate of drug-likeness (QED) is 0.726. The minimum absolute atomic E-state index is 0.686. The summed E-state index contributed by atoms with van der Waals surface area (Å²) in [6.07, 6.45) is 0. The fourth-order valence-electron chi connectivity index (χ4n) is 2.60. The largest absolute Gasteiger partial charge is 0.377 e. The molecule has 0 atom stereocenters. The normalized spacial score (nSPS) is 10.8. The lowest BCUT2D eigenvalue weighted by Crippen LogP contribution is -2.14. The van der Waals surface area contributed by atoms with Gasteiger partial charge < -0.3 is 9.80 Å². The third-order valence-electron chi connectivity index (χ3n) is 3.69. The van der Waals surface area contributed by atoms with Crippen molar-refractivity contribution < 1.29 is 0 Å². The molecule has 4 nitrogen and oxygen atoms in total. The molecule has 0 amide bonds. The lowest BCUT2D eigenvalue weighted by molar-refractivity contribution is 1.06. The fraction of sp³-hybridized carbons (Fsp3) is 0.222. The molecule has 23 heavy (non-hydrogen) atoms. The maximum Gasteiger partial charge on any atom is 0.164 e. The van der Waals surface area contributed by atoms with Crippen LogP contribution in [0.1, 0.15) is 0 Å². The maximum absolute atomic E-state index is 6.14. The third kappa shape index (κ3) is 2.94. The van der Waals surface area contributed by atoms with Gasteiger partial charge in [0.1, 0.15) is 5.82 Å². The van der Waals surface area contributed by atoms with Gasteiger partial charge in [-0.1, -0.05) is 23.7 Å². The molecule has 0 radical (unpaired) electrons. The van der Waals surface area contributed by atoms with Crippen molar-refractivity contribution in [1.29, 1.82) is 0 Å². The van der Waals surface area contributed by atoms with Crippen molar-refractivity contribution in [2.45, 2.75) is 0 Å². The average molecular weight is 327 g/mol. The van der Waals surface area contributed by atoms with E-state index in [0.29, 0.717) is 10.8 Å². The zero-order valence-electron chi connectivity index (χ0n) is 13.7. The number of rotatable bonds is 3. The van der Waals surface area contributed by atoms with Crippen LogP contribution < -0.4 is 9.80 Å². The molecule has 2 aromatic carbocycles. The Bertz CT molecular complexity index is 859. The number of hydrogen-bond acceptors (Lipinski definition) is 4. The van der Waals surface area contributed by atoms with Crippen LogP contribution in [0.3, 0.4) is 0 Å². The van der Waals surface area contributed by atoms with Gasteiger partial charge in [0.15, 0.2) is 5.82 Å². The van der Waals surface area contributed by atoms with Crippen molar-refractivity contribution >= 4 is 34.0 Å². The van der Waals surface area contributed by atoms with E-state index in [4.69, 9.17) is 21.6 Å². The van der Waals surface area contributed by atoms with Crippen LogP contribution in [0.15, 0.2) is 42.5 Å². The number of aromatic nitrogens is 2. The first-order valence-electron chi connectivity index (χ1n) is 7.38. The van der Waals surface area contributed by atoms with E-state index >= 15 is 0 Å². The van der Waals surface area contributed by atoms with Gasteiger partial charge in [-0.15, -0.1) is 0 Å². The van der Waals surface area contributed by atoms with E-state index in [1.165, 1.54) is 0 Å². The molecule has 0 saturated heterocycles. The highest BCUT2D eigenvalue weighted by molar-refractivity contribution is 6.31. The number of fused-ring (bicyclic) bond motifs is 1. The first-order chi connectivity index (χ1) is 11.0.